The van der Waals surface area contributed by atoms with E-state index in [4.69, 9.17) is 0 Å². The maximum absolute atomic E-state index is 12.4. The van der Waals surface area contributed by atoms with Gasteiger partial charge in [-0.05, 0) is 32.0 Å². The topological polar surface area (TPSA) is 131 Å². The van der Waals surface area contributed by atoms with Gasteiger partial charge in [-0.2, -0.15) is 5.10 Å². The fourth-order valence-electron chi connectivity index (χ4n) is 2.68. The average molecular weight is 450 g/mol. The Morgan fingerprint density at radius 2 is 1.97 bits per heavy atom. The zero-order chi connectivity index (χ0) is 21.7. The first-order chi connectivity index (χ1) is 14.2. The molecule has 0 aromatic carbocycles. The molecular weight excluding hydrogens is 426 g/mol. The highest BCUT2D eigenvalue weighted by atomic mass is 32.2. The molecule has 0 radical (unpaired) electrons. The van der Waals surface area contributed by atoms with Gasteiger partial charge in [0.25, 0.3) is 0 Å². The van der Waals surface area contributed by atoms with Crippen molar-refractivity contribution in [1.29, 1.82) is 0 Å². The third-order valence-corrected chi connectivity index (χ3v) is 7.05. The number of carbonyl (C=O) groups excluding carboxylic acids is 1. The van der Waals surface area contributed by atoms with E-state index < -0.39 is 10.0 Å². The van der Waals surface area contributed by atoms with Crippen LogP contribution in [-0.4, -0.2) is 47.2 Å². The number of anilines is 1. The van der Waals surface area contributed by atoms with Crippen LogP contribution in [0.2, 0.25) is 0 Å². The summed E-state index contributed by atoms with van der Waals surface area (Å²) in [4.78, 5) is 20.1. The molecule has 0 saturated carbocycles. The monoisotopic (exact) mass is 449 g/mol. The van der Waals surface area contributed by atoms with E-state index in [0.717, 1.165) is 27.6 Å². The molecule has 0 saturated heterocycles. The smallest absolute Gasteiger partial charge is 0.250 e. The van der Waals surface area contributed by atoms with E-state index in [-0.39, 0.29) is 16.7 Å². The summed E-state index contributed by atoms with van der Waals surface area (Å²) in [5, 5.41) is 10.1. The molecule has 3 aromatic heterocycles. The van der Waals surface area contributed by atoms with Crippen LogP contribution in [0.3, 0.4) is 0 Å². The summed E-state index contributed by atoms with van der Waals surface area (Å²) in [6, 6.07) is 6.93. The molecule has 30 heavy (non-hydrogen) atoms. The van der Waals surface area contributed by atoms with Crippen LogP contribution in [-0.2, 0) is 21.4 Å². The van der Waals surface area contributed by atoms with Gasteiger partial charge in [-0.15, -0.1) is 11.3 Å². The number of thiophene rings is 1. The predicted molar refractivity (Wildman–Crippen MR) is 114 cm³/mol. The third-order valence-electron chi connectivity index (χ3n) is 4.02. The summed E-state index contributed by atoms with van der Waals surface area (Å²) < 4.78 is 29.3. The average Bonchev–Trinajstić information content (AvgIpc) is 3.30. The van der Waals surface area contributed by atoms with Crippen LogP contribution in [0.1, 0.15) is 23.2 Å². The summed E-state index contributed by atoms with van der Waals surface area (Å²) in [5.74, 6) is 1.03. The summed E-state index contributed by atoms with van der Waals surface area (Å²) >= 11 is 1.12. The zero-order valence-corrected chi connectivity index (χ0v) is 18.5. The summed E-state index contributed by atoms with van der Waals surface area (Å²) in [7, 11) is -3.62. The van der Waals surface area contributed by atoms with Crippen molar-refractivity contribution in [3.05, 3.63) is 46.9 Å². The van der Waals surface area contributed by atoms with E-state index in [2.05, 4.69) is 30.4 Å². The number of aryl methyl sites for hydroxylation is 2. The number of amides is 1. The number of carbonyl (C=O) groups is 1. The van der Waals surface area contributed by atoms with Crippen LogP contribution in [0.15, 0.2) is 34.8 Å². The van der Waals surface area contributed by atoms with Crippen LogP contribution in [0, 0.1) is 13.8 Å². The lowest BCUT2D eigenvalue weighted by Crippen LogP contribution is -2.28. The van der Waals surface area contributed by atoms with Gasteiger partial charge < -0.3 is 10.6 Å². The Balaban J connectivity index is 1.54. The van der Waals surface area contributed by atoms with Gasteiger partial charge in [-0.1, -0.05) is 0 Å². The molecule has 0 unspecified atom stereocenters. The first-order valence-corrected chi connectivity index (χ1v) is 11.5. The molecule has 0 aliphatic heterocycles. The van der Waals surface area contributed by atoms with E-state index >= 15 is 0 Å². The zero-order valence-electron chi connectivity index (χ0n) is 16.8. The SMILES string of the molecule is CC(=O)NCc1ccc(S(=O)(=O)NCCNc2cc(-n3nc(C)cc3C)ncn2)s1. The Labute approximate surface area is 178 Å². The van der Waals surface area contributed by atoms with Gasteiger partial charge in [0.15, 0.2) is 5.82 Å². The fraction of sp³-hybridized carbons (Fsp3) is 0.333. The number of aromatic nitrogens is 4. The number of nitrogens with zero attached hydrogens (tertiary/aromatic N) is 4. The molecule has 0 aliphatic carbocycles. The third kappa shape index (κ3) is 5.62. The van der Waals surface area contributed by atoms with Crippen LogP contribution in [0.4, 0.5) is 5.82 Å². The minimum atomic E-state index is -3.62. The van der Waals surface area contributed by atoms with Crippen molar-refractivity contribution in [2.24, 2.45) is 0 Å². The number of hydrogen-bond donors (Lipinski definition) is 3. The van der Waals surface area contributed by atoms with Gasteiger partial charge in [-0.3, -0.25) is 4.79 Å². The van der Waals surface area contributed by atoms with E-state index in [9.17, 15) is 13.2 Å². The minimum absolute atomic E-state index is 0.164. The van der Waals surface area contributed by atoms with Crippen molar-refractivity contribution >= 4 is 33.1 Å². The van der Waals surface area contributed by atoms with E-state index in [1.807, 2.05) is 19.9 Å². The molecule has 160 valence electrons. The van der Waals surface area contributed by atoms with E-state index in [1.165, 1.54) is 19.3 Å². The normalized spacial score (nSPS) is 11.4. The van der Waals surface area contributed by atoms with Crippen molar-refractivity contribution in [3.63, 3.8) is 0 Å². The van der Waals surface area contributed by atoms with Crippen LogP contribution in [0.5, 0.6) is 0 Å². The van der Waals surface area contributed by atoms with Crippen molar-refractivity contribution < 1.29 is 13.2 Å². The molecule has 12 heteroatoms. The molecule has 3 aromatic rings. The fourth-order valence-corrected chi connectivity index (χ4v) is 5.05. The Hall–Kier alpha value is -2.83. The van der Waals surface area contributed by atoms with E-state index in [0.29, 0.717) is 24.7 Å². The number of rotatable bonds is 9. The standard InChI is InChI=1S/C18H23N7O3S2/c1-12-8-13(2)25(24-12)17-9-16(21-11-22-17)19-6-7-23-30(27,28)18-5-4-15(29-18)10-20-14(3)26/h4-5,8-9,11,23H,6-7,10H2,1-3H3,(H,20,26)(H,19,21,22). The lowest BCUT2D eigenvalue weighted by atomic mass is 10.4. The first kappa shape index (κ1) is 21.9. The molecule has 0 atom stereocenters. The maximum Gasteiger partial charge on any atom is 0.250 e. The maximum atomic E-state index is 12.4. The lowest BCUT2D eigenvalue weighted by molar-refractivity contribution is -0.119. The lowest BCUT2D eigenvalue weighted by Gasteiger charge is -2.09. The molecule has 0 bridgehead atoms. The molecule has 1 amide bonds. The van der Waals surface area contributed by atoms with Crippen LogP contribution in [0.25, 0.3) is 5.82 Å². The molecule has 3 N–H and O–H groups in total. The largest absolute Gasteiger partial charge is 0.369 e. The molecule has 0 fully saturated rings. The van der Waals surface area contributed by atoms with Crippen molar-refractivity contribution in [2.45, 2.75) is 31.5 Å². The van der Waals surface area contributed by atoms with Crippen molar-refractivity contribution in [3.8, 4) is 5.82 Å². The molecule has 3 heterocycles. The van der Waals surface area contributed by atoms with Gasteiger partial charge in [-0.25, -0.2) is 27.8 Å². The van der Waals surface area contributed by atoms with Gasteiger partial charge in [0, 0.05) is 36.7 Å². The van der Waals surface area contributed by atoms with Gasteiger partial charge in [0.05, 0.1) is 12.2 Å². The predicted octanol–water partition coefficient (Wildman–Crippen LogP) is 1.37. The molecule has 0 spiro atoms. The highest BCUT2D eigenvalue weighted by molar-refractivity contribution is 7.91. The second-order valence-electron chi connectivity index (χ2n) is 6.56. The Kier molecular flexibility index (Phi) is 6.80. The molecule has 3 rings (SSSR count). The minimum Gasteiger partial charge on any atom is -0.369 e. The van der Waals surface area contributed by atoms with Crippen molar-refractivity contribution in [1.82, 2.24) is 29.8 Å². The molecule has 10 nitrogen and oxygen atoms in total. The summed E-state index contributed by atoms with van der Waals surface area (Å²) in [6.07, 6.45) is 1.43. The summed E-state index contributed by atoms with van der Waals surface area (Å²) in [6.45, 7) is 6.10. The number of hydrogen-bond acceptors (Lipinski definition) is 8. The number of nitrogens with one attached hydrogen (secondary N) is 3. The van der Waals surface area contributed by atoms with Gasteiger partial charge in [0.2, 0.25) is 15.9 Å². The Bertz CT molecular complexity index is 1140. The van der Waals surface area contributed by atoms with Crippen LogP contribution >= 0.6 is 11.3 Å². The first-order valence-electron chi connectivity index (χ1n) is 9.17. The quantitative estimate of drug-likeness (QED) is 0.421. The number of sulfonamides is 1. The Morgan fingerprint density at radius 1 is 1.17 bits per heavy atom. The molecular formula is C18H23N7O3S2. The highest BCUT2D eigenvalue weighted by Gasteiger charge is 2.16. The Morgan fingerprint density at radius 3 is 2.67 bits per heavy atom. The second kappa shape index (κ2) is 9.32. The van der Waals surface area contributed by atoms with Gasteiger partial charge in [0.1, 0.15) is 16.4 Å². The van der Waals surface area contributed by atoms with E-state index in [1.54, 1.807) is 16.8 Å². The van der Waals surface area contributed by atoms with Crippen LogP contribution < -0.4 is 15.4 Å². The molecule has 0 aliphatic rings. The highest BCUT2D eigenvalue weighted by Crippen LogP contribution is 2.21. The van der Waals surface area contributed by atoms with Gasteiger partial charge >= 0.3 is 0 Å². The second-order valence-corrected chi connectivity index (χ2v) is 9.72. The van der Waals surface area contributed by atoms with Crippen molar-refractivity contribution in [2.75, 3.05) is 18.4 Å². The summed E-state index contributed by atoms with van der Waals surface area (Å²) in [5.41, 5.74) is 1.85.